The van der Waals surface area contributed by atoms with E-state index < -0.39 is 5.97 Å². The van der Waals surface area contributed by atoms with E-state index in [1.807, 2.05) is 0 Å². The monoisotopic (exact) mass is 232 g/mol. The predicted molar refractivity (Wildman–Crippen MR) is 61.1 cm³/mol. The Bertz CT molecular complexity index is 446. The lowest BCUT2D eigenvalue weighted by Crippen LogP contribution is -2.24. The molecule has 0 radical (unpaired) electrons. The first-order valence-corrected chi connectivity index (χ1v) is 4.94. The highest BCUT2D eigenvalue weighted by Gasteiger charge is 2.05. The van der Waals surface area contributed by atoms with E-state index in [0.29, 0.717) is 12.1 Å². The molecule has 88 valence electrons. The van der Waals surface area contributed by atoms with E-state index in [4.69, 9.17) is 6.57 Å². The number of carbonyl (C=O) groups excluding carboxylic acids is 2. The molecule has 0 aromatic heterocycles. The Labute approximate surface area is 99.2 Å². The number of carbonyl (C=O) groups is 2. The summed E-state index contributed by atoms with van der Waals surface area (Å²) in [5.41, 5.74) is 1.32. The maximum absolute atomic E-state index is 11.2. The number of rotatable bonds is 4. The van der Waals surface area contributed by atoms with Crippen molar-refractivity contribution in [1.82, 2.24) is 5.32 Å². The highest BCUT2D eigenvalue weighted by Crippen LogP contribution is 2.05. The normalized spacial score (nSPS) is 9.18. The molecule has 0 unspecified atom stereocenters. The largest absolute Gasteiger partial charge is 0.465 e. The third kappa shape index (κ3) is 3.95. The van der Waals surface area contributed by atoms with Crippen LogP contribution in [-0.4, -0.2) is 25.5 Å². The van der Waals surface area contributed by atoms with E-state index in [9.17, 15) is 9.59 Å². The molecule has 5 nitrogen and oxygen atoms in total. The van der Waals surface area contributed by atoms with E-state index in [2.05, 4.69) is 14.9 Å². The zero-order valence-electron chi connectivity index (χ0n) is 9.40. The van der Waals surface area contributed by atoms with Gasteiger partial charge in [-0.15, -0.1) is 0 Å². The topological polar surface area (TPSA) is 59.8 Å². The number of amides is 1. The number of ether oxygens (including phenoxy) is 1. The van der Waals surface area contributed by atoms with Gasteiger partial charge in [0.05, 0.1) is 12.7 Å². The molecule has 0 spiro atoms. The number of nitrogens with zero attached hydrogens (tertiary/aromatic N) is 1. The molecule has 0 aliphatic carbocycles. The minimum atomic E-state index is -0.395. The fourth-order valence-electron chi connectivity index (χ4n) is 1.20. The van der Waals surface area contributed by atoms with Gasteiger partial charge in [-0.1, -0.05) is 12.1 Å². The third-order valence-corrected chi connectivity index (χ3v) is 2.09. The van der Waals surface area contributed by atoms with Crippen molar-refractivity contribution in [3.8, 4) is 0 Å². The highest BCUT2D eigenvalue weighted by molar-refractivity contribution is 5.89. The smallest absolute Gasteiger partial charge is 0.337 e. The van der Waals surface area contributed by atoms with E-state index in [0.717, 1.165) is 5.56 Å². The van der Waals surface area contributed by atoms with Crippen molar-refractivity contribution in [2.45, 2.75) is 6.54 Å². The van der Waals surface area contributed by atoms with Gasteiger partial charge in [0.2, 0.25) is 0 Å². The summed E-state index contributed by atoms with van der Waals surface area (Å²) in [6, 6.07) is 6.71. The van der Waals surface area contributed by atoms with Gasteiger partial charge in [-0.2, -0.15) is 0 Å². The Balaban J connectivity index is 2.54. The Morgan fingerprint density at radius 1 is 1.35 bits per heavy atom. The number of hydrogen-bond acceptors (Lipinski definition) is 3. The molecule has 5 heteroatoms. The quantitative estimate of drug-likeness (QED) is 0.622. The summed E-state index contributed by atoms with van der Waals surface area (Å²) in [4.78, 5) is 25.2. The molecule has 0 heterocycles. The summed E-state index contributed by atoms with van der Waals surface area (Å²) in [6.07, 6.45) is 0. The molecule has 0 aliphatic rings. The van der Waals surface area contributed by atoms with Gasteiger partial charge in [0.25, 0.3) is 12.5 Å². The van der Waals surface area contributed by atoms with Crippen LogP contribution in [0, 0.1) is 6.57 Å². The number of benzene rings is 1. The Morgan fingerprint density at radius 2 is 2.00 bits per heavy atom. The first-order chi connectivity index (χ1) is 8.17. The predicted octanol–water partition coefficient (Wildman–Crippen LogP) is 1.01. The summed E-state index contributed by atoms with van der Waals surface area (Å²) >= 11 is 0. The van der Waals surface area contributed by atoms with Crippen LogP contribution in [0.1, 0.15) is 15.9 Å². The maximum atomic E-state index is 11.2. The molecule has 1 amide bonds. The summed E-state index contributed by atoms with van der Waals surface area (Å²) < 4.78 is 4.56. The van der Waals surface area contributed by atoms with Crippen LogP contribution >= 0.6 is 0 Å². The van der Waals surface area contributed by atoms with Gasteiger partial charge < -0.3 is 14.9 Å². The average Bonchev–Trinajstić information content (AvgIpc) is 2.36. The van der Waals surface area contributed by atoms with Crippen molar-refractivity contribution in [3.05, 3.63) is 46.8 Å². The van der Waals surface area contributed by atoms with Crippen LogP contribution in [0.3, 0.4) is 0 Å². The van der Waals surface area contributed by atoms with Crippen LogP contribution < -0.4 is 5.32 Å². The third-order valence-electron chi connectivity index (χ3n) is 2.09. The van der Waals surface area contributed by atoms with Crippen LogP contribution in [0.4, 0.5) is 0 Å². The molecule has 0 aliphatic heterocycles. The molecule has 0 bridgehead atoms. The lowest BCUT2D eigenvalue weighted by Gasteiger charge is -2.03. The number of methoxy groups -OCH3 is 1. The second-order valence-electron chi connectivity index (χ2n) is 3.28. The molecule has 1 N–H and O–H groups in total. The molecule has 1 rings (SSSR count). The molecule has 0 saturated carbocycles. The van der Waals surface area contributed by atoms with Crippen molar-refractivity contribution in [1.29, 1.82) is 0 Å². The number of nitrogens with one attached hydrogen (secondary N) is 1. The zero-order chi connectivity index (χ0) is 12.7. The van der Waals surface area contributed by atoms with Crippen LogP contribution in [0.25, 0.3) is 4.85 Å². The fraction of sp³-hybridized carbons (Fsp3) is 0.250. The van der Waals surface area contributed by atoms with Crippen molar-refractivity contribution in [2.75, 3.05) is 13.7 Å². The van der Waals surface area contributed by atoms with E-state index in [1.54, 1.807) is 24.3 Å². The second-order valence-corrected chi connectivity index (χ2v) is 3.28. The SMILES string of the molecule is [C-]#[N+]CC(=O)NCc1ccc(C(=O)OC)cc1. The minimum Gasteiger partial charge on any atom is -0.465 e. The van der Waals surface area contributed by atoms with Crippen molar-refractivity contribution < 1.29 is 14.3 Å². The lowest BCUT2D eigenvalue weighted by molar-refractivity contribution is -0.119. The van der Waals surface area contributed by atoms with Gasteiger partial charge in [-0.3, -0.25) is 4.79 Å². The van der Waals surface area contributed by atoms with Gasteiger partial charge in [0.1, 0.15) is 0 Å². The lowest BCUT2D eigenvalue weighted by atomic mass is 10.1. The van der Waals surface area contributed by atoms with Gasteiger partial charge >= 0.3 is 5.97 Å². The summed E-state index contributed by atoms with van der Waals surface area (Å²) in [5.74, 6) is -0.703. The molecule has 1 aromatic carbocycles. The van der Waals surface area contributed by atoms with Crippen LogP contribution in [0.5, 0.6) is 0 Å². The molecule has 0 saturated heterocycles. The van der Waals surface area contributed by atoms with Crippen molar-refractivity contribution in [3.63, 3.8) is 0 Å². The van der Waals surface area contributed by atoms with Gasteiger partial charge in [0.15, 0.2) is 0 Å². The molecular weight excluding hydrogens is 220 g/mol. The number of esters is 1. The first kappa shape index (κ1) is 12.7. The van der Waals surface area contributed by atoms with Crippen molar-refractivity contribution in [2.24, 2.45) is 0 Å². The van der Waals surface area contributed by atoms with E-state index in [1.165, 1.54) is 7.11 Å². The van der Waals surface area contributed by atoms with Crippen molar-refractivity contribution >= 4 is 11.9 Å². The first-order valence-electron chi connectivity index (χ1n) is 4.94. The summed E-state index contributed by atoms with van der Waals surface area (Å²) in [7, 11) is 1.32. The maximum Gasteiger partial charge on any atom is 0.337 e. The van der Waals surface area contributed by atoms with Crippen LogP contribution in [-0.2, 0) is 16.1 Å². The fourth-order valence-corrected chi connectivity index (χ4v) is 1.20. The number of hydrogen-bond donors (Lipinski definition) is 1. The zero-order valence-corrected chi connectivity index (χ0v) is 9.40. The Hall–Kier alpha value is -2.35. The molecular formula is C12H12N2O3. The molecule has 0 atom stereocenters. The molecule has 17 heavy (non-hydrogen) atoms. The van der Waals surface area contributed by atoms with Gasteiger partial charge in [0, 0.05) is 6.54 Å². The summed E-state index contributed by atoms with van der Waals surface area (Å²) in [6.45, 7) is 6.70. The highest BCUT2D eigenvalue weighted by atomic mass is 16.5. The van der Waals surface area contributed by atoms with Crippen LogP contribution in [0.15, 0.2) is 24.3 Å². The van der Waals surface area contributed by atoms with E-state index in [-0.39, 0.29) is 12.5 Å². The standard InChI is InChI=1S/C12H12N2O3/c1-13-8-11(15)14-7-9-3-5-10(6-4-9)12(16)17-2/h3-6H,7-8H2,2H3,(H,14,15). The van der Waals surface area contributed by atoms with Gasteiger partial charge in [-0.25, -0.2) is 11.4 Å². The Morgan fingerprint density at radius 3 is 2.53 bits per heavy atom. The molecule has 0 fully saturated rings. The van der Waals surface area contributed by atoms with E-state index >= 15 is 0 Å². The second kappa shape index (κ2) is 6.28. The molecule has 1 aromatic rings. The average molecular weight is 232 g/mol. The van der Waals surface area contributed by atoms with Gasteiger partial charge in [-0.05, 0) is 17.7 Å². The van der Waals surface area contributed by atoms with Crippen LogP contribution in [0.2, 0.25) is 0 Å². The Kier molecular flexibility index (Phi) is 4.70. The minimum absolute atomic E-state index is 0.166. The summed E-state index contributed by atoms with van der Waals surface area (Å²) in [5, 5.41) is 2.59.